The fourth-order valence-electron chi connectivity index (χ4n) is 0.827. The maximum atomic E-state index is 11.3. The Kier molecular flexibility index (Phi) is 6.15. The van der Waals surface area contributed by atoms with E-state index in [1.54, 1.807) is 6.08 Å². The van der Waals surface area contributed by atoms with Crippen molar-refractivity contribution in [1.82, 2.24) is 15.5 Å². The molecule has 1 aromatic heterocycles. The van der Waals surface area contributed by atoms with Crippen molar-refractivity contribution in [3.63, 3.8) is 0 Å². The van der Waals surface area contributed by atoms with Crippen LogP contribution in [-0.2, 0) is 9.53 Å². The molecule has 0 saturated carbocycles. The Morgan fingerprint density at radius 3 is 3.00 bits per heavy atom. The number of nitrogens with zero attached hydrogens (tertiary/aromatic N) is 2. The van der Waals surface area contributed by atoms with E-state index in [-0.39, 0.29) is 5.75 Å². The molecule has 2 amide bonds. The second kappa shape index (κ2) is 7.67. The van der Waals surface area contributed by atoms with Gasteiger partial charge in [0.15, 0.2) is 4.34 Å². The van der Waals surface area contributed by atoms with Crippen molar-refractivity contribution in [2.75, 3.05) is 24.7 Å². The van der Waals surface area contributed by atoms with E-state index in [2.05, 4.69) is 26.8 Å². The number of rotatable bonds is 6. The van der Waals surface area contributed by atoms with E-state index in [4.69, 9.17) is 0 Å². The fraction of sp³-hybridized carbons (Fsp3) is 0.333. The third-order valence-corrected chi connectivity index (χ3v) is 3.57. The van der Waals surface area contributed by atoms with Gasteiger partial charge in [-0.25, -0.2) is 4.79 Å². The minimum absolute atomic E-state index is 0.0746. The zero-order valence-corrected chi connectivity index (χ0v) is 11.3. The lowest BCUT2D eigenvalue weighted by atomic mass is 10.6. The highest BCUT2D eigenvalue weighted by molar-refractivity contribution is 8.01. The second-order valence-corrected chi connectivity index (χ2v) is 5.07. The van der Waals surface area contributed by atoms with Gasteiger partial charge in [-0.15, -0.1) is 16.8 Å². The quantitative estimate of drug-likeness (QED) is 0.598. The Balaban J connectivity index is 2.34. The van der Waals surface area contributed by atoms with Crippen molar-refractivity contribution < 1.29 is 14.3 Å². The number of thioether (sulfide) groups is 1. The zero-order valence-electron chi connectivity index (χ0n) is 9.63. The molecule has 0 atom stereocenters. The van der Waals surface area contributed by atoms with Crippen LogP contribution in [0.25, 0.3) is 0 Å². The third kappa shape index (κ3) is 5.15. The van der Waals surface area contributed by atoms with Crippen LogP contribution in [0.4, 0.5) is 9.93 Å². The molecule has 0 bridgehead atoms. The number of methoxy groups -OCH3 is 1. The van der Waals surface area contributed by atoms with E-state index < -0.39 is 12.0 Å². The normalized spacial score (nSPS) is 9.61. The number of aromatic nitrogens is 2. The number of imide groups is 1. The van der Waals surface area contributed by atoms with Gasteiger partial charge < -0.3 is 10.1 Å². The molecule has 0 aliphatic rings. The number of anilines is 1. The van der Waals surface area contributed by atoms with Crippen molar-refractivity contribution >= 4 is 40.2 Å². The monoisotopic (exact) mass is 288 g/mol. The van der Waals surface area contributed by atoms with Gasteiger partial charge in [0.2, 0.25) is 11.0 Å². The summed E-state index contributed by atoms with van der Waals surface area (Å²) in [7, 11) is 1.19. The first-order valence-electron chi connectivity index (χ1n) is 4.84. The van der Waals surface area contributed by atoms with E-state index in [0.29, 0.717) is 16.0 Å². The summed E-state index contributed by atoms with van der Waals surface area (Å²) < 4.78 is 4.94. The number of hydrogen-bond donors (Lipinski definition) is 2. The van der Waals surface area contributed by atoms with Crippen molar-refractivity contribution in [3.8, 4) is 0 Å². The number of carbonyl (C=O) groups is 2. The maximum Gasteiger partial charge on any atom is 0.413 e. The molecular weight excluding hydrogens is 276 g/mol. The summed E-state index contributed by atoms with van der Waals surface area (Å²) in [6, 6.07) is 0. The summed E-state index contributed by atoms with van der Waals surface area (Å²) in [6.07, 6.45) is 0.934. The third-order valence-electron chi connectivity index (χ3n) is 1.56. The Morgan fingerprint density at radius 2 is 2.33 bits per heavy atom. The van der Waals surface area contributed by atoms with Gasteiger partial charge in [-0.05, 0) is 0 Å². The van der Waals surface area contributed by atoms with Crippen LogP contribution < -0.4 is 10.6 Å². The topological polar surface area (TPSA) is 93.2 Å². The van der Waals surface area contributed by atoms with Gasteiger partial charge in [0.1, 0.15) is 0 Å². The molecule has 1 aromatic rings. The number of ether oxygens (including phenoxy) is 1. The van der Waals surface area contributed by atoms with Crippen LogP contribution in [0.2, 0.25) is 0 Å². The average molecular weight is 288 g/mol. The minimum atomic E-state index is -0.772. The van der Waals surface area contributed by atoms with E-state index >= 15 is 0 Å². The highest BCUT2D eigenvalue weighted by Gasteiger charge is 2.10. The van der Waals surface area contributed by atoms with Crippen LogP contribution in [0, 0.1) is 0 Å². The number of amides is 2. The van der Waals surface area contributed by atoms with Crippen molar-refractivity contribution in [3.05, 3.63) is 12.7 Å². The summed E-state index contributed by atoms with van der Waals surface area (Å²) in [6.45, 7) is 4.17. The highest BCUT2D eigenvalue weighted by atomic mass is 32.2. The smallest absolute Gasteiger partial charge is 0.413 e. The Bertz CT molecular complexity index is 435. The molecule has 0 spiro atoms. The van der Waals surface area contributed by atoms with Crippen LogP contribution in [0.3, 0.4) is 0 Å². The van der Waals surface area contributed by atoms with Crippen LogP contribution in [0.5, 0.6) is 0 Å². The maximum absolute atomic E-state index is 11.3. The summed E-state index contributed by atoms with van der Waals surface area (Å²) in [5.74, 6) is -0.367. The molecule has 1 heterocycles. The largest absolute Gasteiger partial charge is 0.453 e. The predicted octanol–water partition coefficient (Wildman–Crippen LogP) is 1.11. The molecule has 0 fully saturated rings. The van der Waals surface area contributed by atoms with Crippen molar-refractivity contribution in [2.45, 2.75) is 4.34 Å². The molecule has 7 nitrogen and oxygen atoms in total. The number of nitrogens with one attached hydrogen (secondary N) is 2. The zero-order chi connectivity index (χ0) is 13.4. The molecule has 0 saturated heterocycles. The molecule has 0 aliphatic heterocycles. The van der Waals surface area contributed by atoms with Gasteiger partial charge in [0.05, 0.1) is 12.9 Å². The van der Waals surface area contributed by atoms with Crippen LogP contribution in [0.15, 0.2) is 17.0 Å². The Hall–Kier alpha value is -1.61. The molecule has 18 heavy (non-hydrogen) atoms. The van der Waals surface area contributed by atoms with Gasteiger partial charge in [-0.2, -0.15) is 0 Å². The van der Waals surface area contributed by atoms with Crippen LogP contribution >= 0.6 is 23.1 Å². The van der Waals surface area contributed by atoms with E-state index in [9.17, 15) is 9.59 Å². The molecule has 2 N–H and O–H groups in total. The summed E-state index contributed by atoms with van der Waals surface area (Å²) in [5, 5.41) is 13.4. The predicted molar refractivity (Wildman–Crippen MR) is 69.9 cm³/mol. The molecule has 0 aliphatic carbocycles. The molecule has 0 aromatic carbocycles. The molecule has 9 heteroatoms. The number of alkyl carbamates (subject to hydrolysis) is 1. The Morgan fingerprint density at radius 1 is 1.56 bits per heavy atom. The van der Waals surface area contributed by atoms with E-state index in [1.807, 2.05) is 5.32 Å². The minimum Gasteiger partial charge on any atom is -0.453 e. The molecule has 98 valence electrons. The Labute approximate surface area is 112 Å². The lowest BCUT2D eigenvalue weighted by Crippen LogP contribution is -2.31. The fourth-order valence-corrected chi connectivity index (χ4v) is 2.39. The first-order valence-corrected chi connectivity index (χ1v) is 6.64. The van der Waals surface area contributed by atoms with Gasteiger partial charge >= 0.3 is 6.09 Å². The van der Waals surface area contributed by atoms with Crippen molar-refractivity contribution in [1.29, 1.82) is 0 Å². The molecule has 0 unspecified atom stereocenters. The van der Waals surface area contributed by atoms with E-state index in [1.165, 1.54) is 30.2 Å². The first-order chi connectivity index (χ1) is 8.65. The number of hydrogen-bond acceptors (Lipinski definition) is 8. The molecule has 1 rings (SSSR count). The van der Waals surface area contributed by atoms with Gasteiger partial charge in [0.25, 0.3) is 0 Å². The van der Waals surface area contributed by atoms with Crippen LogP contribution in [-0.4, -0.2) is 41.6 Å². The lowest BCUT2D eigenvalue weighted by molar-refractivity contribution is -0.117. The highest BCUT2D eigenvalue weighted by Crippen LogP contribution is 2.24. The SMILES string of the molecule is C=CCNc1nnc(SCC(=O)NC(=O)OC)s1. The van der Waals surface area contributed by atoms with E-state index in [0.717, 1.165) is 0 Å². The van der Waals surface area contributed by atoms with Gasteiger partial charge in [-0.1, -0.05) is 29.2 Å². The summed E-state index contributed by atoms with van der Waals surface area (Å²) >= 11 is 2.52. The first kappa shape index (κ1) is 14.5. The number of carbonyl (C=O) groups excluding carboxylic acids is 2. The standard InChI is InChI=1S/C9H12N4O3S2/c1-3-4-10-7-12-13-9(18-7)17-5-6(14)11-8(15)16-2/h3H,1,4-5H2,2H3,(H,10,12)(H,11,14,15). The van der Waals surface area contributed by atoms with Gasteiger partial charge in [0, 0.05) is 6.54 Å². The summed E-state index contributed by atoms with van der Waals surface area (Å²) in [5.41, 5.74) is 0. The van der Waals surface area contributed by atoms with Crippen molar-refractivity contribution in [2.24, 2.45) is 0 Å². The summed E-state index contributed by atoms with van der Waals surface area (Å²) in [4.78, 5) is 22.0. The second-order valence-electron chi connectivity index (χ2n) is 2.87. The van der Waals surface area contributed by atoms with Gasteiger partial charge in [-0.3, -0.25) is 10.1 Å². The average Bonchev–Trinajstić information content (AvgIpc) is 2.81. The van der Waals surface area contributed by atoms with Crippen LogP contribution in [0.1, 0.15) is 0 Å². The lowest BCUT2D eigenvalue weighted by Gasteiger charge is -2.00. The molecular formula is C9H12N4O3S2. The molecule has 0 radical (unpaired) electrons.